The quantitative estimate of drug-likeness (QED) is 0.779. The molecule has 8 heteroatoms. The van der Waals surface area contributed by atoms with E-state index in [9.17, 15) is 9.59 Å². The third-order valence-corrected chi connectivity index (χ3v) is 3.76. The average molecular weight is 314 g/mol. The van der Waals surface area contributed by atoms with Crippen LogP contribution in [0.4, 0.5) is 0 Å². The first-order chi connectivity index (χ1) is 11.2. The molecule has 0 spiro atoms. The molecule has 2 amide bonds. The van der Waals surface area contributed by atoms with Crippen LogP contribution in [0, 0.1) is 0 Å². The second-order valence-electron chi connectivity index (χ2n) is 5.37. The normalized spacial score (nSPS) is 14.3. The molecular weight excluding hydrogens is 296 g/mol. The lowest BCUT2D eigenvalue weighted by molar-refractivity contribution is -0.127. The van der Waals surface area contributed by atoms with Gasteiger partial charge in [-0.25, -0.2) is 4.98 Å². The van der Waals surface area contributed by atoms with Gasteiger partial charge in [0.1, 0.15) is 18.5 Å². The van der Waals surface area contributed by atoms with Gasteiger partial charge in [0.05, 0.1) is 5.56 Å². The van der Waals surface area contributed by atoms with Gasteiger partial charge in [-0.05, 0) is 25.0 Å². The van der Waals surface area contributed by atoms with Gasteiger partial charge in [0, 0.05) is 32.3 Å². The lowest BCUT2D eigenvalue weighted by Gasteiger charge is -2.15. The maximum atomic E-state index is 12.0. The fraction of sp³-hybridized carbons (Fsp3) is 0.400. The van der Waals surface area contributed by atoms with Crippen LogP contribution < -0.4 is 5.32 Å². The molecule has 0 atom stereocenters. The first-order valence-electron chi connectivity index (χ1n) is 7.61. The molecule has 1 saturated heterocycles. The monoisotopic (exact) mass is 314 g/mol. The Labute approximate surface area is 133 Å². The summed E-state index contributed by atoms with van der Waals surface area (Å²) in [6.45, 7) is 2.07. The second kappa shape index (κ2) is 6.99. The topological polar surface area (TPSA) is 93.0 Å². The van der Waals surface area contributed by atoms with Gasteiger partial charge in [0.2, 0.25) is 5.91 Å². The Morgan fingerprint density at radius 3 is 2.74 bits per heavy atom. The predicted molar refractivity (Wildman–Crippen MR) is 81.9 cm³/mol. The highest BCUT2D eigenvalue weighted by molar-refractivity contribution is 5.93. The maximum Gasteiger partial charge on any atom is 0.252 e. The Balaban J connectivity index is 1.45. The molecule has 0 radical (unpaired) electrons. The first-order valence-corrected chi connectivity index (χ1v) is 7.61. The SMILES string of the molecule is O=C(NCCCN1CCCC1=O)c1ccc(-n2cnnc2)nc1. The van der Waals surface area contributed by atoms with E-state index < -0.39 is 0 Å². The van der Waals surface area contributed by atoms with Gasteiger partial charge in [-0.15, -0.1) is 10.2 Å². The fourth-order valence-electron chi connectivity index (χ4n) is 2.51. The zero-order valence-electron chi connectivity index (χ0n) is 12.7. The Morgan fingerprint density at radius 2 is 2.09 bits per heavy atom. The van der Waals surface area contributed by atoms with E-state index in [0.29, 0.717) is 30.9 Å². The minimum atomic E-state index is -0.166. The Kier molecular flexibility index (Phi) is 4.60. The third-order valence-electron chi connectivity index (χ3n) is 3.76. The number of aromatic nitrogens is 4. The average Bonchev–Trinajstić information content (AvgIpc) is 3.23. The van der Waals surface area contributed by atoms with Crippen molar-refractivity contribution >= 4 is 11.8 Å². The molecule has 23 heavy (non-hydrogen) atoms. The second-order valence-corrected chi connectivity index (χ2v) is 5.37. The molecule has 0 unspecified atom stereocenters. The number of pyridine rings is 1. The minimum absolute atomic E-state index is 0.166. The van der Waals surface area contributed by atoms with Gasteiger partial charge in [-0.2, -0.15) is 0 Å². The number of carbonyl (C=O) groups excluding carboxylic acids is 2. The van der Waals surface area contributed by atoms with Gasteiger partial charge in [-0.1, -0.05) is 0 Å². The predicted octanol–water partition coefficient (Wildman–Crippen LogP) is 0.405. The molecule has 1 aliphatic rings. The molecule has 0 aromatic carbocycles. The van der Waals surface area contributed by atoms with Crippen molar-refractivity contribution in [3.63, 3.8) is 0 Å². The zero-order valence-corrected chi connectivity index (χ0v) is 12.7. The highest BCUT2D eigenvalue weighted by Gasteiger charge is 2.19. The van der Waals surface area contributed by atoms with Crippen molar-refractivity contribution in [3.05, 3.63) is 36.5 Å². The van der Waals surface area contributed by atoms with Crippen molar-refractivity contribution in [2.45, 2.75) is 19.3 Å². The lowest BCUT2D eigenvalue weighted by atomic mass is 10.2. The molecule has 0 aliphatic carbocycles. The molecular formula is C15H18N6O2. The van der Waals surface area contributed by atoms with E-state index in [1.807, 2.05) is 4.90 Å². The Morgan fingerprint density at radius 1 is 1.26 bits per heavy atom. The summed E-state index contributed by atoms with van der Waals surface area (Å²) in [5, 5.41) is 10.3. The summed E-state index contributed by atoms with van der Waals surface area (Å²) in [6, 6.07) is 3.45. The summed E-state index contributed by atoms with van der Waals surface area (Å²) in [7, 11) is 0. The number of carbonyl (C=O) groups is 2. The molecule has 3 rings (SSSR count). The van der Waals surface area contributed by atoms with Gasteiger partial charge in [-0.3, -0.25) is 14.2 Å². The zero-order chi connectivity index (χ0) is 16.1. The third kappa shape index (κ3) is 3.71. The molecule has 1 N–H and O–H groups in total. The van der Waals surface area contributed by atoms with E-state index in [1.165, 1.54) is 6.20 Å². The smallest absolute Gasteiger partial charge is 0.252 e. The van der Waals surface area contributed by atoms with Crippen LogP contribution in [0.3, 0.4) is 0 Å². The van der Waals surface area contributed by atoms with Crippen LogP contribution in [-0.4, -0.2) is 56.1 Å². The van der Waals surface area contributed by atoms with Gasteiger partial charge in [0.15, 0.2) is 0 Å². The molecule has 1 aliphatic heterocycles. The highest BCUT2D eigenvalue weighted by Crippen LogP contribution is 2.09. The van der Waals surface area contributed by atoms with E-state index in [2.05, 4.69) is 20.5 Å². The van der Waals surface area contributed by atoms with Gasteiger partial charge >= 0.3 is 0 Å². The molecule has 2 aromatic heterocycles. The van der Waals surface area contributed by atoms with E-state index in [0.717, 1.165) is 19.4 Å². The van der Waals surface area contributed by atoms with Crippen molar-refractivity contribution in [2.75, 3.05) is 19.6 Å². The van der Waals surface area contributed by atoms with Crippen LogP contribution in [0.25, 0.3) is 5.82 Å². The number of hydrogen-bond acceptors (Lipinski definition) is 5. The highest BCUT2D eigenvalue weighted by atomic mass is 16.2. The van der Waals surface area contributed by atoms with E-state index >= 15 is 0 Å². The summed E-state index contributed by atoms with van der Waals surface area (Å²) in [4.78, 5) is 29.6. The van der Waals surface area contributed by atoms with Crippen molar-refractivity contribution in [1.82, 2.24) is 30.0 Å². The van der Waals surface area contributed by atoms with E-state index in [-0.39, 0.29) is 11.8 Å². The number of amides is 2. The Bertz CT molecular complexity index is 668. The summed E-state index contributed by atoms with van der Waals surface area (Å²) in [6.07, 6.45) is 6.95. The minimum Gasteiger partial charge on any atom is -0.352 e. The van der Waals surface area contributed by atoms with Crippen LogP contribution in [0.2, 0.25) is 0 Å². The van der Waals surface area contributed by atoms with Crippen molar-refractivity contribution < 1.29 is 9.59 Å². The molecule has 1 fully saturated rings. The summed E-state index contributed by atoms with van der Waals surface area (Å²) in [5.74, 6) is 0.699. The van der Waals surface area contributed by atoms with Crippen LogP contribution in [0.15, 0.2) is 31.0 Å². The molecule has 120 valence electrons. The Hall–Kier alpha value is -2.77. The van der Waals surface area contributed by atoms with Crippen LogP contribution in [0.1, 0.15) is 29.6 Å². The molecule has 3 heterocycles. The first kappa shape index (κ1) is 15.1. The van der Waals surface area contributed by atoms with Gasteiger partial charge < -0.3 is 10.2 Å². The van der Waals surface area contributed by atoms with Crippen molar-refractivity contribution in [3.8, 4) is 5.82 Å². The number of hydrogen-bond donors (Lipinski definition) is 1. The van der Waals surface area contributed by atoms with Crippen LogP contribution >= 0.6 is 0 Å². The van der Waals surface area contributed by atoms with E-state index in [4.69, 9.17) is 0 Å². The lowest BCUT2D eigenvalue weighted by Crippen LogP contribution is -2.30. The number of likely N-dealkylation sites (tertiary alicyclic amines) is 1. The molecule has 2 aromatic rings. The summed E-state index contributed by atoms with van der Waals surface area (Å²) in [5.41, 5.74) is 0.499. The van der Waals surface area contributed by atoms with Crippen LogP contribution in [0.5, 0.6) is 0 Å². The molecule has 0 saturated carbocycles. The van der Waals surface area contributed by atoms with Crippen molar-refractivity contribution in [2.24, 2.45) is 0 Å². The summed E-state index contributed by atoms with van der Waals surface area (Å²) >= 11 is 0. The number of nitrogens with zero attached hydrogens (tertiary/aromatic N) is 5. The standard InChI is InChI=1S/C15H18N6O2/c22-14-3-1-7-20(14)8-2-6-16-15(23)12-4-5-13(17-9-12)21-10-18-19-11-21/h4-5,9-11H,1-3,6-8H2,(H,16,23). The van der Waals surface area contributed by atoms with Crippen molar-refractivity contribution in [1.29, 1.82) is 0 Å². The molecule has 0 bridgehead atoms. The summed E-state index contributed by atoms with van der Waals surface area (Å²) < 4.78 is 1.66. The van der Waals surface area contributed by atoms with Gasteiger partial charge in [0.25, 0.3) is 5.91 Å². The van der Waals surface area contributed by atoms with Crippen LogP contribution in [-0.2, 0) is 4.79 Å². The fourth-order valence-corrected chi connectivity index (χ4v) is 2.51. The number of nitrogens with one attached hydrogen (secondary N) is 1. The number of rotatable bonds is 6. The largest absolute Gasteiger partial charge is 0.352 e. The maximum absolute atomic E-state index is 12.0. The van der Waals surface area contributed by atoms with E-state index in [1.54, 1.807) is 29.4 Å². The molecule has 8 nitrogen and oxygen atoms in total.